The fourth-order valence-electron chi connectivity index (χ4n) is 3.42. The first-order chi connectivity index (χ1) is 14.5. The van der Waals surface area contributed by atoms with Crippen molar-refractivity contribution in [3.63, 3.8) is 0 Å². The lowest BCUT2D eigenvalue weighted by Crippen LogP contribution is -2.07. The van der Waals surface area contributed by atoms with Crippen molar-refractivity contribution in [2.45, 2.75) is 33.1 Å². The standard InChI is InChI=1S/C24H23F2N3S/c1-3-22-28-23(19-13-15(2)30-24(19)29-22)27-12-4-5-16-6-8-17(9-7-16)18-10-11-20(25)21(26)14-18/h6-11,13-14H,3-5,12H2,1-2H3,(H,27,28,29). The minimum atomic E-state index is -0.826. The molecule has 2 aromatic heterocycles. The third-order valence-corrected chi connectivity index (χ3v) is 5.96. The van der Waals surface area contributed by atoms with Crippen molar-refractivity contribution in [3.8, 4) is 11.1 Å². The molecular weight excluding hydrogens is 400 g/mol. The van der Waals surface area contributed by atoms with Gasteiger partial charge in [0.05, 0.1) is 5.39 Å². The smallest absolute Gasteiger partial charge is 0.159 e. The summed E-state index contributed by atoms with van der Waals surface area (Å²) in [6.07, 6.45) is 2.69. The van der Waals surface area contributed by atoms with Gasteiger partial charge in [-0.1, -0.05) is 37.3 Å². The molecule has 0 fully saturated rings. The summed E-state index contributed by atoms with van der Waals surface area (Å²) in [6.45, 7) is 4.97. The van der Waals surface area contributed by atoms with Crippen molar-refractivity contribution in [1.29, 1.82) is 0 Å². The Morgan fingerprint density at radius 1 is 0.933 bits per heavy atom. The summed E-state index contributed by atoms with van der Waals surface area (Å²) in [6, 6.07) is 14.1. The SMILES string of the molecule is CCc1nc(NCCCc2ccc(-c3ccc(F)c(F)c3)cc2)c2cc(C)sc2n1. The Balaban J connectivity index is 1.37. The van der Waals surface area contributed by atoms with Crippen LogP contribution in [0.2, 0.25) is 0 Å². The topological polar surface area (TPSA) is 37.8 Å². The highest BCUT2D eigenvalue weighted by molar-refractivity contribution is 7.18. The summed E-state index contributed by atoms with van der Waals surface area (Å²) in [7, 11) is 0. The van der Waals surface area contributed by atoms with Crippen molar-refractivity contribution in [1.82, 2.24) is 9.97 Å². The Bertz CT molecular complexity index is 1170. The largest absolute Gasteiger partial charge is 0.369 e. The fraction of sp³-hybridized carbons (Fsp3) is 0.250. The average molecular weight is 424 g/mol. The number of aryl methyl sites for hydroxylation is 3. The molecule has 3 nitrogen and oxygen atoms in total. The third kappa shape index (κ3) is 4.49. The zero-order valence-electron chi connectivity index (χ0n) is 17.0. The molecular formula is C24H23F2N3S. The quantitative estimate of drug-likeness (QED) is 0.342. The first-order valence-electron chi connectivity index (χ1n) is 10.1. The Hall–Kier alpha value is -2.86. The molecule has 154 valence electrons. The zero-order valence-corrected chi connectivity index (χ0v) is 17.8. The average Bonchev–Trinajstić information content (AvgIpc) is 3.13. The van der Waals surface area contributed by atoms with Crippen LogP contribution >= 0.6 is 11.3 Å². The maximum Gasteiger partial charge on any atom is 0.159 e. The Labute approximate surface area is 178 Å². The van der Waals surface area contributed by atoms with E-state index in [4.69, 9.17) is 0 Å². The van der Waals surface area contributed by atoms with Crippen LogP contribution in [0.25, 0.3) is 21.3 Å². The summed E-state index contributed by atoms with van der Waals surface area (Å²) in [5, 5.41) is 4.56. The van der Waals surface area contributed by atoms with Gasteiger partial charge in [0.1, 0.15) is 16.5 Å². The number of nitrogens with zero attached hydrogens (tertiary/aromatic N) is 2. The van der Waals surface area contributed by atoms with Gasteiger partial charge in [0.25, 0.3) is 0 Å². The number of nitrogens with one attached hydrogen (secondary N) is 1. The summed E-state index contributed by atoms with van der Waals surface area (Å²) >= 11 is 1.70. The second-order valence-electron chi connectivity index (χ2n) is 7.27. The van der Waals surface area contributed by atoms with E-state index < -0.39 is 11.6 Å². The molecule has 0 atom stereocenters. The van der Waals surface area contributed by atoms with Gasteiger partial charge in [-0.25, -0.2) is 18.7 Å². The van der Waals surface area contributed by atoms with Crippen LogP contribution in [0.4, 0.5) is 14.6 Å². The van der Waals surface area contributed by atoms with Crippen LogP contribution in [0.15, 0.2) is 48.5 Å². The van der Waals surface area contributed by atoms with Crippen molar-refractivity contribution in [3.05, 3.63) is 76.4 Å². The number of rotatable bonds is 7. The second kappa shape index (κ2) is 8.88. The molecule has 0 amide bonds. The highest BCUT2D eigenvalue weighted by Gasteiger charge is 2.10. The van der Waals surface area contributed by atoms with Crippen molar-refractivity contribution in [2.75, 3.05) is 11.9 Å². The lowest BCUT2D eigenvalue weighted by Gasteiger charge is -2.09. The van der Waals surface area contributed by atoms with Gasteiger partial charge in [-0.3, -0.25) is 0 Å². The van der Waals surface area contributed by atoms with Crippen molar-refractivity contribution < 1.29 is 8.78 Å². The predicted molar refractivity (Wildman–Crippen MR) is 120 cm³/mol. The van der Waals surface area contributed by atoms with Crippen molar-refractivity contribution in [2.24, 2.45) is 0 Å². The van der Waals surface area contributed by atoms with E-state index in [0.29, 0.717) is 5.56 Å². The summed E-state index contributed by atoms with van der Waals surface area (Å²) in [5.41, 5.74) is 2.75. The molecule has 0 aliphatic carbocycles. The lowest BCUT2D eigenvalue weighted by molar-refractivity contribution is 0.509. The predicted octanol–water partition coefficient (Wildman–Crippen LogP) is 6.55. The van der Waals surface area contributed by atoms with E-state index in [1.165, 1.54) is 16.5 Å². The van der Waals surface area contributed by atoms with E-state index in [9.17, 15) is 8.78 Å². The van der Waals surface area contributed by atoms with Crippen LogP contribution in [0.3, 0.4) is 0 Å². The van der Waals surface area contributed by atoms with E-state index in [-0.39, 0.29) is 0 Å². The second-order valence-corrected chi connectivity index (χ2v) is 8.51. The molecule has 0 unspecified atom stereocenters. The number of thiophene rings is 1. The van der Waals surface area contributed by atoms with E-state index in [1.54, 1.807) is 17.4 Å². The van der Waals surface area contributed by atoms with Gasteiger partial charge in [0.15, 0.2) is 11.6 Å². The number of aromatic nitrogens is 2. The molecule has 4 aromatic rings. The molecule has 4 rings (SSSR count). The van der Waals surface area contributed by atoms with E-state index in [0.717, 1.165) is 59.3 Å². The minimum absolute atomic E-state index is 0.674. The van der Waals surface area contributed by atoms with Gasteiger partial charge in [-0.15, -0.1) is 11.3 Å². The Morgan fingerprint density at radius 3 is 2.43 bits per heavy atom. The van der Waals surface area contributed by atoms with Gasteiger partial charge < -0.3 is 5.32 Å². The third-order valence-electron chi connectivity index (χ3n) is 5.02. The van der Waals surface area contributed by atoms with Crippen LogP contribution < -0.4 is 5.32 Å². The van der Waals surface area contributed by atoms with Gasteiger partial charge in [0.2, 0.25) is 0 Å². The van der Waals surface area contributed by atoms with Crippen LogP contribution in [-0.2, 0) is 12.8 Å². The minimum Gasteiger partial charge on any atom is -0.369 e. The normalized spacial score (nSPS) is 11.2. The summed E-state index contributed by atoms with van der Waals surface area (Å²) in [4.78, 5) is 11.6. The number of benzene rings is 2. The van der Waals surface area contributed by atoms with Crippen LogP contribution in [0.5, 0.6) is 0 Å². The molecule has 1 N–H and O–H groups in total. The molecule has 0 aliphatic heterocycles. The maximum atomic E-state index is 13.4. The molecule has 0 saturated carbocycles. The van der Waals surface area contributed by atoms with Gasteiger partial charge in [-0.05, 0) is 54.7 Å². The van der Waals surface area contributed by atoms with E-state index in [1.807, 2.05) is 24.3 Å². The molecule has 0 bridgehead atoms. The number of hydrogen-bond donors (Lipinski definition) is 1. The molecule has 0 saturated heterocycles. The first kappa shape index (κ1) is 20.4. The number of fused-ring (bicyclic) bond motifs is 1. The monoisotopic (exact) mass is 423 g/mol. The zero-order chi connectivity index (χ0) is 21.1. The van der Waals surface area contributed by atoms with Gasteiger partial charge in [0, 0.05) is 17.8 Å². The summed E-state index contributed by atoms with van der Waals surface area (Å²) in [5.74, 6) is 0.121. The fourth-order valence-corrected chi connectivity index (χ4v) is 4.32. The molecule has 30 heavy (non-hydrogen) atoms. The summed E-state index contributed by atoms with van der Waals surface area (Å²) < 4.78 is 26.6. The van der Waals surface area contributed by atoms with E-state index >= 15 is 0 Å². The van der Waals surface area contributed by atoms with Crippen LogP contribution in [-0.4, -0.2) is 16.5 Å². The molecule has 2 heterocycles. The number of anilines is 1. The van der Waals surface area contributed by atoms with Crippen LogP contribution in [0.1, 0.15) is 29.6 Å². The lowest BCUT2D eigenvalue weighted by atomic mass is 10.0. The highest BCUT2D eigenvalue weighted by Crippen LogP contribution is 2.28. The highest BCUT2D eigenvalue weighted by atomic mass is 32.1. The van der Waals surface area contributed by atoms with Crippen molar-refractivity contribution >= 4 is 27.4 Å². The Morgan fingerprint density at radius 2 is 1.70 bits per heavy atom. The van der Waals surface area contributed by atoms with Gasteiger partial charge in [-0.2, -0.15) is 0 Å². The first-order valence-corrected chi connectivity index (χ1v) is 10.9. The maximum absolute atomic E-state index is 13.4. The Kier molecular flexibility index (Phi) is 6.04. The molecule has 6 heteroatoms. The van der Waals surface area contributed by atoms with E-state index in [2.05, 4.69) is 35.2 Å². The molecule has 2 aromatic carbocycles. The molecule has 0 aliphatic rings. The molecule has 0 spiro atoms. The molecule has 0 radical (unpaired) electrons. The number of hydrogen-bond acceptors (Lipinski definition) is 4. The van der Waals surface area contributed by atoms with Crippen LogP contribution in [0, 0.1) is 18.6 Å². The number of halogens is 2. The van der Waals surface area contributed by atoms with Gasteiger partial charge >= 0.3 is 0 Å².